The predicted molar refractivity (Wildman–Crippen MR) is 112 cm³/mol. The van der Waals surface area contributed by atoms with Crippen molar-refractivity contribution in [2.75, 3.05) is 0 Å². The molecule has 198 valence electrons. The van der Waals surface area contributed by atoms with Crippen LogP contribution in [0.2, 0.25) is 0 Å². The van der Waals surface area contributed by atoms with E-state index in [1.165, 1.54) is 0 Å². The van der Waals surface area contributed by atoms with Gasteiger partial charge in [0, 0.05) is 0 Å². The molecule has 0 aliphatic carbocycles. The Morgan fingerprint density at radius 2 is 0.116 bits per heavy atom. The van der Waals surface area contributed by atoms with Crippen molar-refractivity contribution in [3.05, 3.63) is 118 Å². The Labute approximate surface area is 363 Å². The summed E-state index contributed by atoms with van der Waals surface area (Å²) in [5, 5.41) is 112. The van der Waals surface area contributed by atoms with Gasteiger partial charge >= 0.3 is 155 Å². The van der Waals surface area contributed by atoms with E-state index in [9.17, 15) is 0 Å². The molecule has 0 saturated heterocycles. The molecule has 0 fully saturated rings. The second-order valence-corrected chi connectivity index (χ2v) is 0. The maximum Gasteiger partial charge on any atom is 3.00 e. The van der Waals surface area contributed by atoms with Crippen LogP contribution in [0.4, 0.5) is 0 Å². The molecule has 43 heavy (non-hydrogen) atoms. The second kappa shape index (κ2) is 3000. The van der Waals surface area contributed by atoms with Crippen LogP contribution in [-0.4, -0.2) is 103 Å². The summed E-state index contributed by atoms with van der Waals surface area (Å²) in [6, 6.07) is 0. The largest absolute Gasteiger partial charge is 3.00 e. The predicted octanol–water partition coefficient (Wildman–Crippen LogP) is 0.204. The Kier molecular flexibility index (Phi) is 20200. The molecular formula is C18Fe3In4N18. The van der Waals surface area contributed by atoms with Gasteiger partial charge in [0.25, 0.3) is 0 Å². The summed E-state index contributed by atoms with van der Waals surface area (Å²) in [5.41, 5.74) is 0. The van der Waals surface area contributed by atoms with E-state index in [-0.39, 0.29) is 155 Å². The Morgan fingerprint density at radius 3 is 0.116 bits per heavy atom. The zero-order chi connectivity index (χ0) is 36.0. The molecule has 0 amide bonds. The van der Waals surface area contributed by atoms with Crippen LogP contribution >= 0.6 is 0 Å². The molecule has 0 radical (unpaired) electrons. The van der Waals surface area contributed by atoms with Gasteiger partial charge in [-0.05, 0) is 0 Å². The average Bonchev–Trinajstić information content (AvgIpc) is 3.13. The Morgan fingerprint density at radius 1 is 0.116 bits per heavy atom. The first-order valence-electron chi connectivity index (χ1n) is 4.02. The van der Waals surface area contributed by atoms with Crippen molar-refractivity contribution >= 4 is 103 Å². The maximum absolute atomic E-state index is 6.25. The van der Waals surface area contributed by atoms with E-state index in [4.69, 9.17) is 213 Å². The smallest absolute Gasteiger partial charge is 0.512 e. The van der Waals surface area contributed by atoms with Gasteiger partial charge in [0.15, 0.2) is 0 Å². The molecule has 0 aromatic rings. The first-order valence-corrected chi connectivity index (χ1v) is 4.02. The van der Waals surface area contributed by atoms with E-state index in [0.29, 0.717) is 0 Å². The number of rotatable bonds is 0. The zero-order valence-corrected chi connectivity index (χ0v) is 36.9. The van der Waals surface area contributed by atoms with Gasteiger partial charge in [0.1, 0.15) is 0 Å². The minimum atomic E-state index is 0. The van der Waals surface area contributed by atoms with E-state index >= 15 is 0 Å². The third-order valence-corrected chi connectivity index (χ3v) is 0. The summed E-state index contributed by atoms with van der Waals surface area (Å²) in [4.78, 5) is 0. The Balaban J connectivity index is -0.00000000344. The van der Waals surface area contributed by atoms with Crippen molar-refractivity contribution in [2.24, 2.45) is 0 Å². The van der Waals surface area contributed by atoms with E-state index < -0.39 is 0 Å². The number of nitrogens with zero attached hydrogens (tertiary/aromatic N) is 18. The van der Waals surface area contributed by atoms with Gasteiger partial charge < -0.3 is 213 Å². The molecule has 0 bridgehead atoms. The molecule has 0 N–H and O–H groups in total. The number of hydrogen-bond acceptors (Lipinski definition) is 18. The molecular weight excluding hydrogens is 1100 g/mol. The van der Waals surface area contributed by atoms with Crippen molar-refractivity contribution in [1.82, 2.24) is 0 Å². The molecule has 0 aliphatic rings. The fourth-order valence-corrected chi connectivity index (χ4v) is 0. The fourth-order valence-electron chi connectivity index (χ4n) is 0. The summed E-state index contributed by atoms with van der Waals surface area (Å²) in [6.07, 6.45) is 0. The summed E-state index contributed by atoms with van der Waals surface area (Å²) < 4.78 is 0. The van der Waals surface area contributed by atoms with Crippen LogP contribution in [0.15, 0.2) is 0 Å². The molecule has 0 aromatic heterocycles. The van der Waals surface area contributed by atoms with Gasteiger partial charge in [-0.25, -0.2) is 0 Å². The van der Waals surface area contributed by atoms with Gasteiger partial charge in [-0.3, -0.25) is 0 Å². The average molecular weight is 1100 g/mol. The van der Waals surface area contributed by atoms with E-state index in [0.717, 1.165) is 0 Å². The van der Waals surface area contributed by atoms with Crippen LogP contribution in [0, 0.1) is 213 Å². The van der Waals surface area contributed by atoms with Crippen LogP contribution < -0.4 is 0 Å². The first-order chi connectivity index (χ1) is 18.0. The molecule has 25 heteroatoms. The third kappa shape index (κ3) is 2840. The summed E-state index contributed by atoms with van der Waals surface area (Å²) in [5.74, 6) is 0. The standard InChI is InChI=1S/18CN.3Fe.4In/c18*1-2;;;;;;;/q18*-1;3*+2;4*+3. The maximum atomic E-state index is 6.25. The van der Waals surface area contributed by atoms with Gasteiger partial charge in [0.2, 0.25) is 0 Å². The van der Waals surface area contributed by atoms with Crippen molar-refractivity contribution in [3.63, 3.8) is 0 Å². The molecule has 0 spiro atoms. The fraction of sp³-hybridized carbons (Fsp3) is 0. The third-order valence-electron chi connectivity index (χ3n) is 0. The molecule has 0 aliphatic heterocycles. The Hall–Kier alpha value is -4.14. The zero-order valence-electron chi connectivity index (χ0n) is 20.4. The molecule has 0 heterocycles. The minimum absolute atomic E-state index is 0. The second-order valence-electron chi connectivity index (χ2n) is 0. The van der Waals surface area contributed by atoms with E-state index in [1.807, 2.05) is 0 Å². The van der Waals surface area contributed by atoms with Gasteiger partial charge in [-0.15, -0.1) is 0 Å². The molecule has 0 atom stereocenters. The van der Waals surface area contributed by atoms with Crippen molar-refractivity contribution < 1.29 is 51.2 Å². The minimum Gasteiger partial charge on any atom is -0.512 e. The van der Waals surface area contributed by atoms with Gasteiger partial charge in [0.05, 0.1) is 0 Å². The van der Waals surface area contributed by atoms with Gasteiger partial charge in [-0.2, -0.15) is 0 Å². The summed E-state index contributed by atoms with van der Waals surface area (Å²) >= 11 is 0. The van der Waals surface area contributed by atoms with Crippen LogP contribution in [0.1, 0.15) is 0 Å². The van der Waals surface area contributed by atoms with Crippen molar-refractivity contribution in [3.8, 4) is 0 Å². The van der Waals surface area contributed by atoms with Crippen molar-refractivity contribution in [1.29, 1.82) is 94.7 Å². The first kappa shape index (κ1) is 290. The number of hydrogen-bond donors (Lipinski definition) is 0. The topological polar surface area (TPSA) is 428 Å². The molecule has 0 saturated carbocycles. The molecule has 0 unspecified atom stereocenters. The Bertz CT molecular complexity index is 381. The van der Waals surface area contributed by atoms with Crippen LogP contribution in [-0.2, 0) is 51.2 Å². The van der Waals surface area contributed by atoms with E-state index in [2.05, 4.69) is 0 Å². The molecule has 0 aromatic carbocycles. The van der Waals surface area contributed by atoms with Crippen LogP contribution in [0.3, 0.4) is 0 Å². The van der Waals surface area contributed by atoms with Crippen LogP contribution in [0.5, 0.6) is 0 Å². The molecule has 18 nitrogen and oxygen atoms in total. The normalized spacial score (nSPS) is 0.837. The van der Waals surface area contributed by atoms with Crippen molar-refractivity contribution in [2.45, 2.75) is 0 Å². The quantitative estimate of drug-likeness (QED) is 0.231. The molecule has 0 rings (SSSR count). The monoisotopic (exact) mass is 1100 g/mol. The van der Waals surface area contributed by atoms with Crippen LogP contribution in [0.25, 0.3) is 0 Å². The SMILES string of the molecule is [C-]#N.[C-]#N.[C-]#N.[C-]#N.[C-]#N.[C-]#N.[C-]#N.[C-]#N.[C-]#N.[C-]#N.[C-]#N.[C-]#N.[C-]#N.[C-]#N.[C-]#N.[C-]#N.[C-]#N.[C-]#N.[Fe+2].[Fe+2].[Fe+2].[In+3].[In+3].[In+3].[In+3]. The van der Waals surface area contributed by atoms with Gasteiger partial charge in [-0.1, -0.05) is 0 Å². The summed E-state index contributed by atoms with van der Waals surface area (Å²) in [7, 11) is 0. The van der Waals surface area contributed by atoms with E-state index in [1.54, 1.807) is 0 Å². The summed E-state index contributed by atoms with van der Waals surface area (Å²) in [6.45, 7) is 85.5.